The number of hydrogen-bond donors (Lipinski definition) is 2. The molecule has 1 heterocycles. The second kappa shape index (κ2) is 6.15. The van der Waals surface area contributed by atoms with Crippen molar-refractivity contribution in [2.45, 2.75) is 26.3 Å². The summed E-state index contributed by atoms with van der Waals surface area (Å²) in [6.45, 7) is 3.84. The van der Waals surface area contributed by atoms with Gasteiger partial charge in [0.25, 0.3) is 0 Å². The van der Waals surface area contributed by atoms with Gasteiger partial charge in [0, 0.05) is 18.9 Å². The van der Waals surface area contributed by atoms with Crippen LogP contribution in [0.1, 0.15) is 18.4 Å². The predicted octanol–water partition coefficient (Wildman–Crippen LogP) is 0.859. The Morgan fingerprint density at radius 3 is 2.82 bits per heavy atom. The first-order valence-electron chi connectivity index (χ1n) is 5.39. The summed E-state index contributed by atoms with van der Waals surface area (Å²) in [5.74, 6) is 0.161. The Kier molecular flexibility index (Phi) is 4.84. The maximum atomic E-state index is 10.9. The number of nitrogens with one attached hydrogen (secondary N) is 1. The number of aliphatic carboxylic acids is 1. The average Bonchev–Trinajstić information content (AvgIpc) is 2.27. The van der Waals surface area contributed by atoms with Gasteiger partial charge in [0.15, 0.2) is 0 Å². The standard InChI is InChI=1S/C11H17N3O3/c1-4-8-5-10(13-7(2)12-8)14-9(6-17-3)11(15)16/h5,9H,4,6H2,1-3H3,(H,15,16)(H,12,13,14). The highest BCUT2D eigenvalue weighted by atomic mass is 16.5. The van der Waals surface area contributed by atoms with Gasteiger partial charge in [0.05, 0.1) is 6.61 Å². The van der Waals surface area contributed by atoms with E-state index in [1.807, 2.05) is 6.92 Å². The highest BCUT2D eigenvalue weighted by molar-refractivity contribution is 5.77. The summed E-state index contributed by atoms with van der Waals surface area (Å²) in [5.41, 5.74) is 0.876. The molecule has 0 aliphatic rings. The fraction of sp³-hybridized carbons (Fsp3) is 0.545. The van der Waals surface area contributed by atoms with Gasteiger partial charge in [0.1, 0.15) is 17.7 Å². The largest absolute Gasteiger partial charge is 0.480 e. The molecule has 1 rings (SSSR count). The number of aromatic nitrogens is 2. The maximum Gasteiger partial charge on any atom is 0.328 e. The van der Waals surface area contributed by atoms with Gasteiger partial charge in [0.2, 0.25) is 0 Å². The summed E-state index contributed by atoms with van der Waals surface area (Å²) in [6.07, 6.45) is 0.778. The third-order valence-corrected chi connectivity index (χ3v) is 2.21. The third-order valence-electron chi connectivity index (χ3n) is 2.21. The van der Waals surface area contributed by atoms with Crippen LogP contribution in [0.5, 0.6) is 0 Å². The molecule has 1 unspecified atom stereocenters. The number of methoxy groups -OCH3 is 1. The normalized spacial score (nSPS) is 12.2. The van der Waals surface area contributed by atoms with Crippen LogP contribution in [-0.4, -0.2) is 40.8 Å². The van der Waals surface area contributed by atoms with Crippen LogP contribution in [0.2, 0.25) is 0 Å². The zero-order chi connectivity index (χ0) is 12.8. The lowest BCUT2D eigenvalue weighted by Crippen LogP contribution is -2.34. The lowest BCUT2D eigenvalue weighted by molar-refractivity contribution is -0.139. The molecular formula is C11H17N3O3. The quantitative estimate of drug-likeness (QED) is 0.766. The van der Waals surface area contributed by atoms with Gasteiger partial charge in [-0.15, -0.1) is 0 Å². The van der Waals surface area contributed by atoms with E-state index >= 15 is 0 Å². The molecule has 0 saturated carbocycles. The van der Waals surface area contributed by atoms with Crippen molar-refractivity contribution < 1.29 is 14.6 Å². The first-order valence-corrected chi connectivity index (χ1v) is 5.39. The summed E-state index contributed by atoms with van der Waals surface area (Å²) < 4.78 is 4.84. The number of nitrogens with zero attached hydrogens (tertiary/aromatic N) is 2. The Morgan fingerprint density at radius 2 is 2.29 bits per heavy atom. The second-order valence-corrected chi connectivity index (χ2v) is 3.64. The van der Waals surface area contributed by atoms with E-state index in [4.69, 9.17) is 9.84 Å². The van der Waals surface area contributed by atoms with Crippen LogP contribution >= 0.6 is 0 Å². The number of ether oxygens (including phenoxy) is 1. The topological polar surface area (TPSA) is 84.3 Å². The molecule has 0 saturated heterocycles. The predicted molar refractivity (Wildman–Crippen MR) is 63.1 cm³/mol. The molecule has 1 atom stereocenters. The molecule has 94 valence electrons. The molecule has 1 aromatic heterocycles. The number of aryl methyl sites for hydroxylation is 2. The van der Waals surface area contributed by atoms with Gasteiger partial charge < -0.3 is 15.2 Å². The molecule has 0 amide bonds. The summed E-state index contributed by atoms with van der Waals surface area (Å²) in [7, 11) is 1.46. The van der Waals surface area contributed by atoms with Crippen molar-refractivity contribution in [1.29, 1.82) is 0 Å². The molecule has 0 aliphatic heterocycles. The second-order valence-electron chi connectivity index (χ2n) is 3.64. The van der Waals surface area contributed by atoms with Crippen LogP contribution in [0, 0.1) is 6.92 Å². The molecule has 6 heteroatoms. The van der Waals surface area contributed by atoms with Crippen molar-refractivity contribution >= 4 is 11.8 Å². The number of carboxylic acids is 1. The fourth-order valence-corrected chi connectivity index (χ4v) is 1.40. The Hall–Kier alpha value is -1.69. The van der Waals surface area contributed by atoms with E-state index in [1.54, 1.807) is 13.0 Å². The minimum absolute atomic E-state index is 0.0832. The SMILES string of the molecule is CCc1cc(NC(COC)C(=O)O)nc(C)n1. The number of carboxylic acid groups (broad SMARTS) is 1. The van der Waals surface area contributed by atoms with E-state index in [-0.39, 0.29) is 6.61 Å². The van der Waals surface area contributed by atoms with E-state index in [2.05, 4.69) is 15.3 Å². The van der Waals surface area contributed by atoms with E-state index in [0.29, 0.717) is 11.6 Å². The van der Waals surface area contributed by atoms with Gasteiger partial charge in [-0.2, -0.15) is 0 Å². The van der Waals surface area contributed by atoms with Crippen LogP contribution in [0.4, 0.5) is 5.82 Å². The summed E-state index contributed by atoms with van der Waals surface area (Å²) in [4.78, 5) is 19.3. The van der Waals surface area contributed by atoms with Crippen LogP contribution in [0.3, 0.4) is 0 Å². The third kappa shape index (κ3) is 3.99. The Balaban J connectivity index is 2.84. The van der Waals surface area contributed by atoms with Gasteiger partial charge in [-0.3, -0.25) is 0 Å². The lowest BCUT2D eigenvalue weighted by atomic mass is 10.3. The summed E-state index contributed by atoms with van der Waals surface area (Å²) >= 11 is 0. The molecule has 0 bridgehead atoms. The molecule has 0 spiro atoms. The lowest BCUT2D eigenvalue weighted by Gasteiger charge is -2.14. The van der Waals surface area contributed by atoms with Gasteiger partial charge in [-0.1, -0.05) is 6.92 Å². The summed E-state index contributed by atoms with van der Waals surface area (Å²) in [5, 5.41) is 11.8. The first kappa shape index (κ1) is 13.4. The number of carbonyl (C=O) groups is 1. The van der Waals surface area contributed by atoms with E-state index in [9.17, 15) is 4.79 Å². The minimum Gasteiger partial charge on any atom is -0.480 e. The van der Waals surface area contributed by atoms with Gasteiger partial charge >= 0.3 is 5.97 Å². The van der Waals surface area contributed by atoms with E-state index < -0.39 is 12.0 Å². The Morgan fingerprint density at radius 1 is 1.59 bits per heavy atom. The zero-order valence-electron chi connectivity index (χ0n) is 10.2. The monoisotopic (exact) mass is 239 g/mol. The van der Waals surface area contributed by atoms with Crippen molar-refractivity contribution in [3.8, 4) is 0 Å². The average molecular weight is 239 g/mol. The molecule has 0 aliphatic carbocycles. The molecule has 0 radical (unpaired) electrons. The van der Waals surface area contributed by atoms with Crippen LogP contribution in [0.25, 0.3) is 0 Å². The van der Waals surface area contributed by atoms with Gasteiger partial charge in [-0.25, -0.2) is 14.8 Å². The van der Waals surface area contributed by atoms with Gasteiger partial charge in [-0.05, 0) is 13.3 Å². The molecule has 1 aromatic rings. The van der Waals surface area contributed by atoms with Crippen molar-refractivity contribution in [2.24, 2.45) is 0 Å². The highest BCUT2D eigenvalue weighted by Crippen LogP contribution is 2.09. The molecular weight excluding hydrogens is 222 g/mol. The molecule has 0 fully saturated rings. The van der Waals surface area contributed by atoms with E-state index in [1.165, 1.54) is 7.11 Å². The van der Waals surface area contributed by atoms with Crippen molar-refractivity contribution in [3.05, 3.63) is 17.6 Å². The molecule has 17 heavy (non-hydrogen) atoms. The Bertz CT molecular complexity index is 396. The first-order chi connectivity index (χ1) is 8.06. The van der Waals surface area contributed by atoms with Crippen LogP contribution < -0.4 is 5.32 Å². The Labute approximate surface area is 100 Å². The highest BCUT2D eigenvalue weighted by Gasteiger charge is 2.17. The molecule has 2 N–H and O–H groups in total. The van der Waals surface area contributed by atoms with Crippen molar-refractivity contribution in [1.82, 2.24) is 9.97 Å². The fourth-order valence-electron chi connectivity index (χ4n) is 1.40. The maximum absolute atomic E-state index is 10.9. The van der Waals surface area contributed by atoms with E-state index in [0.717, 1.165) is 12.1 Å². The molecule has 6 nitrogen and oxygen atoms in total. The zero-order valence-corrected chi connectivity index (χ0v) is 10.2. The number of rotatable bonds is 6. The van der Waals surface area contributed by atoms with Crippen LogP contribution in [-0.2, 0) is 16.0 Å². The van der Waals surface area contributed by atoms with Crippen LogP contribution in [0.15, 0.2) is 6.07 Å². The van der Waals surface area contributed by atoms with Crippen molar-refractivity contribution in [3.63, 3.8) is 0 Å². The molecule has 0 aromatic carbocycles. The minimum atomic E-state index is -0.971. The smallest absolute Gasteiger partial charge is 0.328 e. The van der Waals surface area contributed by atoms with Crippen molar-refractivity contribution in [2.75, 3.05) is 19.0 Å². The number of hydrogen-bond acceptors (Lipinski definition) is 5. The number of anilines is 1. The summed E-state index contributed by atoms with van der Waals surface area (Å²) in [6, 6.07) is 0.942.